The quantitative estimate of drug-likeness (QED) is 0.407. The molecule has 1 fully saturated rings. The highest BCUT2D eigenvalue weighted by molar-refractivity contribution is 5.95. The SMILES string of the molecule is CCOC(=O)c1ccc(C(=O)N2CCN(Cc3cccc([N+](=O)[O-])c3)CC2)nc1C. The van der Waals surface area contributed by atoms with Gasteiger partial charge in [0.05, 0.1) is 22.8 Å². The summed E-state index contributed by atoms with van der Waals surface area (Å²) in [5.74, 6) is -0.625. The number of benzene rings is 1. The van der Waals surface area contributed by atoms with Crippen molar-refractivity contribution in [3.8, 4) is 0 Å². The summed E-state index contributed by atoms with van der Waals surface area (Å²) < 4.78 is 4.99. The summed E-state index contributed by atoms with van der Waals surface area (Å²) in [7, 11) is 0. The average molecular weight is 412 g/mol. The van der Waals surface area contributed by atoms with Crippen molar-refractivity contribution in [3.63, 3.8) is 0 Å². The first-order chi connectivity index (χ1) is 14.4. The highest BCUT2D eigenvalue weighted by Gasteiger charge is 2.24. The number of pyridine rings is 1. The van der Waals surface area contributed by atoms with Gasteiger partial charge < -0.3 is 9.64 Å². The van der Waals surface area contributed by atoms with E-state index in [4.69, 9.17) is 4.74 Å². The lowest BCUT2D eigenvalue weighted by Crippen LogP contribution is -2.48. The van der Waals surface area contributed by atoms with Gasteiger partial charge >= 0.3 is 5.97 Å². The Bertz CT molecular complexity index is 954. The van der Waals surface area contributed by atoms with E-state index in [2.05, 4.69) is 9.88 Å². The number of piperazine rings is 1. The minimum absolute atomic E-state index is 0.0778. The lowest BCUT2D eigenvalue weighted by atomic mass is 10.1. The zero-order valence-corrected chi connectivity index (χ0v) is 17.0. The van der Waals surface area contributed by atoms with Crippen LogP contribution in [0.1, 0.15) is 39.0 Å². The molecule has 0 unspecified atom stereocenters. The van der Waals surface area contributed by atoms with E-state index in [1.165, 1.54) is 6.07 Å². The number of aromatic nitrogens is 1. The molecule has 2 heterocycles. The van der Waals surface area contributed by atoms with Crippen LogP contribution in [0.25, 0.3) is 0 Å². The number of carbonyl (C=O) groups is 2. The molecule has 158 valence electrons. The first-order valence-electron chi connectivity index (χ1n) is 9.78. The molecule has 1 amide bonds. The van der Waals surface area contributed by atoms with Crippen LogP contribution in [0.4, 0.5) is 5.69 Å². The second-order valence-electron chi connectivity index (χ2n) is 7.05. The summed E-state index contributed by atoms with van der Waals surface area (Å²) in [6.45, 7) is 6.68. The van der Waals surface area contributed by atoms with Gasteiger partial charge in [-0.1, -0.05) is 12.1 Å². The number of esters is 1. The number of nitro groups is 1. The fraction of sp³-hybridized carbons (Fsp3) is 0.381. The summed E-state index contributed by atoms with van der Waals surface area (Å²) in [4.78, 5) is 43.4. The molecule has 1 aromatic heterocycles. The van der Waals surface area contributed by atoms with Gasteiger partial charge in [0.15, 0.2) is 0 Å². The highest BCUT2D eigenvalue weighted by atomic mass is 16.6. The number of carbonyl (C=O) groups excluding carboxylic acids is 2. The third kappa shape index (κ3) is 4.98. The molecule has 1 saturated heterocycles. The first kappa shape index (κ1) is 21.4. The fourth-order valence-corrected chi connectivity index (χ4v) is 3.40. The molecule has 0 atom stereocenters. The van der Waals surface area contributed by atoms with E-state index in [1.54, 1.807) is 43.0 Å². The molecule has 0 aliphatic carbocycles. The second kappa shape index (κ2) is 9.45. The van der Waals surface area contributed by atoms with Gasteiger partial charge in [-0.25, -0.2) is 9.78 Å². The Morgan fingerprint density at radius 3 is 2.53 bits per heavy atom. The molecule has 1 aliphatic heterocycles. The van der Waals surface area contributed by atoms with Crippen LogP contribution < -0.4 is 0 Å². The van der Waals surface area contributed by atoms with Crippen LogP contribution >= 0.6 is 0 Å². The number of hydrogen-bond acceptors (Lipinski definition) is 7. The summed E-state index contributed by atoms with van der Waals surface area (Å²) in [6, 6.07) is 9.73. The number of aryl methyl sites for hydroxylation is 1. The number of hydrogen-bond donors (Lipinski definition) is 0. The zero-order valence-electron chi connectivity index (χ0n) is 17.0. The first-order valence-corrected chi connectivity index (χ1v) is 9.78. The lowest BCUT2D eigenvalue weighted by Gasteiger charge is -2.34. The van der Waals surface area contributed by atoms with Crippen molar-refractivity contribution in [2.24, 2.45) is 0 Å². The second-order valence-corrected chi connectivity index (χ2v) is 7.05. The Balaban J connectivity index is 1.59. The summed E-state index contributed by atoms with van der Waals surface area (Å²) in [5, 5.41) is 10.9. The lowest BCUT2D eigenvalue weighted by molar-refractivity contribution is -0.384. The van der Waals surface area contributed by atoms with Crippen LogP contribution in [0, 0.1) is 17.0 Å². The molecule has 9 heteroatoms. The Morgan fingerprint density at radius 1 is 1.17 bits per heavy atom. The van der Waals surface area contributed by atoms with E-state index in [1.807, 2.05) is 6.07 Å². The van der Waals surface area contributed by atoms with Crippen molar-refractivity contribution in [3.05, 3.63) is 69.0 Å². The third-order valence-corrected chi connectivity index (χ3v) is 4.99. The van der Waals surface area contributed by atoms with Crippen LogP contribution in [0.5, 0.6) is 0 Å². The Labute approximate surface area is 174 Å². The number of ether oxygens (including phenoxy) is 1. The maximum absolute atomic E-state index is 12.8. The molecule has 1 aromatic carbocycles. The van der Waals surface area contributed by atoms with Crippen molar-refractivity contribution in [2.45, 2.75) is 20.4 Å². The van der Waals surface area contributed by atoms with Gasteiger partial charge in [-0.2, -0.15) is 0 Å². The molecular weight excluding hydrogens is 388 g/mol. The molecule has 3 rings (SSSR count). The number of nitro benzene ring substituents is 1. The van der Waals surface area contributed by atoms with E-state index < -0.39 is 10.9 Å². The smallest absolute Gasteiger partial charge is 0.339 e. The van der Waals surface area contributed by atoms with Crippen molar-refractivity contribution in [1.82, 2.24) is 14.8 Å². The monoisotopic (exact) mass is 412 g/mol. The average Bonchev–Trinajstić information content (AvgIpc) is 2.74. The zero-order chi connectivity index (χ0) is 21.7. The fourth-order valence-electron chi connectivity index (χ4n) is 3.40. The van der Waals surface area contributed by atoms with Crippen LogP contribution in [0.2, 0.25) is 0 Å². The van der Waals surface area contributed by atoms with Crippen molar-refractivity contribution < 1.29 is 19.2 Å². The molecule has 1 aliphatic rings. The predicted molar refractivity (Wildman–Crippen MR) is 109 cm³/mol. The van der Waals surface area contributed by atoms with E-state index in [9.17, 15) is 19.7 Å². The van der Waals surface area contributed by atoms with Gasteiger partial charge in [-0.05, 0) is 31.5 Å². The van der Waals surface area contributed by atoms with Gasteiger partial charge in [0.1, 0.15) is 5.69 Å². The Kier molecular flexibility index (Phi) is 6.73. The third-order valence-electron chi connectivity index (χ3n) is 4.99. The summed E-state index contributed by atoms with van der Waals surface area (Å²) in [6.07, 6.45) is 0. The maximum atomic E-state index is 12.8. The Morgan fingerprint density at radius 2 is 1.90 bits per heavy atom. The van der Waals surface area contributed by atoms with Crippen molar-refractivity contribution in [1.29, 1.82) is 0 Å². The predicted octanol–water partition coefficient (Wildman–Crippen LogP) is 2.43. The molecule has 0 saturated carbocycles. The molecule has 2 aromatic rings. The number of amides is 1. The van der Waals surface area contributed by atoms with Crippen LogP contribution in [0.15, 0.2) is 36.4 Å². The summed E-state index contributed by atoms with van der Waals surface area (Å²) in [5.41, 5.74) is 2.07. The van der Waals surface area contributed by atoms with E-state index >= 15 is 0 Å². The molecule has 0 radical (unpaired) electrons. The Hall–Kier alpha value is -3.33. The minimum atomic E-state index is -0.448. The van der Waals surface area contributed by atoms with Crippen molar-refractivity contribution in [2.75, 3.05) is 32.8 Å². The van der Waals surface area contributed by atoms with Gasteiger partial charge in [0.25, 0.3) is 11.6 Å². The maximum Gasteiger partial charge on any atom is 0.339 e. The molecular formula is C21H24N4O5. The van der Waals surface area contributed by atoms with E-state index in [0.717, 1.165) is 5.56 Å². The normalized spacial score (nSPS) is 14.4. The van der Waals surface area contributed by atoms with Gasteiger partial charge in [-0.3, -0.25) is 19.8 Å². The molecule has 9 nitrogen and oxygen atoms in total. The van der Waals surface area contributed by atoms with Crippen LogP contribution in [-0.4, -0.2) is 64.4 Å². The number of non-ortho nitro benzene ring substituents is 1. The number of nitrogens with zero attached hydrogens (tertiary/aromatic N) is 4. The summed E-state index contributed by atoms with van der Waals surface area (Å²) >= 11 is 0. The molecule has 30 heavy (non-hydrogen) atoms. The van der Waals surface area contributed by atoms with Gasteiger partial charge in [-0.15, -0.1) is 0 Å². The van der Waals surface area contributed by atoms with E-state index in [-0.39, 0.29) is 18.2 Å². The minimum Gasteiger partial charge on any atom is -0.462 e. The standard InChI is InChI=1S/C21H24N4O5/c1-3-30-21(27)18-7-8-19(22-15(18)2)20(26)24-11-9-23(10-12-24)14-16-5-4-6-17(13-16)25(28)29/h4-8,13H,3,9-12,14H2,1-2H3. The van der Waals surface area contributed by atoms with Crippen molar-refractivity contribution >= 4 is 17.6 Å². The van der Waals surface area contributed by atoms with E-state index in [0.29, 0.717) is 49.7 Å². The van der Waals surface area contributed by atoms with Crippen LogP contribution in [-0.2, 0) is 11.3 Å². The van der Waals surface area contributed by atoms with Crippen LogP contribution in [0.3, 0.4) is 0 Å². The van der Waals surface area contributed by atoms with Gasteiger partial charge in [0.2, 0.25) is 0 Å². The number of rotatable bonds is 6. The molecule has 0 N–H and O–H groups in total. The largest absolute Gasteiger partial charge is 0.462 e. The highest BCUT2D eigenvalue weighted by Crippen LogP contribution is 2.17. The molecule has 0 bridgehead atoms. The molecule has 0 spiro atoms. The van der Waals surface area contributed by atoms with Gasteiger partial charge in [0, 0.05) is 44.9 Å². The topological polar surface area (TPSA) is 106 Å².